The van der Waals surface area contributed by atoms with Gasteiger partial charge in [0.15, 0.2) is 0 Å². The highest BCUT2D eigenvalue weighted by Gasteiger charge is 2.15. The fourth-order valence-electron chi connectivity index (χ4n) is 1.92. The van der Waals surface area contributed by atoms with E-state index in [2.05, 4.69) is 37.7 Å². The standard InChI is InChI=1S/C11H16BrN3/c1-2-10-9(7-12)8-13-11(14-10)15-5-3-4-6-15/h8H,2-7H2,1H3. The number of alkyl halides is 1. The molecule has 0 radical (unpaired) electrons. The first-order chi connectivity index (χ1) is 7.35. The molecule has 0 bridgehead atoms. The molecule has 3 nitrogen and oxygen atoms in total. The van der Waals surface area contributed by atoms with Crippen LogP contribution < -0.4 is 4.90 Å². The summed E-state index contributed by atoms with van der Waals surface area (Å²) < 4.78 is 0. The molecular formula is C11H16BrN3. The van der Waals surface area contributed by atoms with Crippen LogP contribution in [0.5, 0.6) is 0 Å². The number of rotatable bonds is 3. The summed E-state index contributed by atoms with van der Waals surface area (Å²) in [6.45, 7) is 4.36. The maximum Gasteiger partial charge on any atom is 0.225 e. The van der Waals surface area contributed by atoms with E-state index < -0.39 is 0 Å². The van der Waals surface area contributed by atoms with Crippen LogP contribution in [-0.4, -0.2) is 23.1 Å². The Hall–Kier alpha value is -0.640. The van der Waals surface area contributed by atoms with Crippen LogP contribution >= 0.6 is 15.9 Å². The Morgan fingerprint density at radius 3 is 2.73 bits per heavy atom. The van der Waals surface area contributed by atoms with Crippen molar-refractivity contribution in [3.63, 3.8) is 0 Å². The Kier molecular flexibility index (Phi) is 3.57. The van der Waals surface area contributed by atoms with Crippen LogP contribution in [0.25, 0.3) is 0 Å². The molecule has 0 N–H and O–H groups in total. The third kappa shape index (κ3) is 2.30. The average molecular weight is 270 g/mol. The lowest BCUT2D eigenvalue weighted by Gasteiger charge is -2.16. The lowest BCUT2D eigenvalue weighted by molar-refractivity contribution is 0.864. The Balaban J connectivity index is 2.25. The molecule has 1 saturated heterocycles. The summed E-state index contributed by atoms with van der Waals surface area (Å²) in [7, 11) is 0. The van der Waals surface area contributed by atoms with E-state index in [0.717, 1.165) is 30.8 Å². The predicted octanol–water partition coefficient (Wildman–Crippen LogP) is 2.53. The van der Waals surface area contributed by atoms with Gasteiger partial charge in [0.1, 0.15) is 0 Å². The minimum atomic E-state index is 0.844. The molecular weight excluding hydrogens is 254 g/mol. The lowest BCUT2D eigenvalue weighted by Crippen LogP contribution is -2.21. The summed E-state index contributed by atoms with van der Waals surface area (Å²) in [5.74, 6) is 0.911. The molecule has 4 heteroatoms. The third-order valence-electron chi connectivity index (χ3n) is 2.81. The highest BCUT2D eigenvalue weighted by Crippen LogP contribution is 2.18. The smallest absolute Gasteiger partial charge is 0.225 e. The van der Waals surface area contributed by atoms with E-state index in [4.69, 9.17) is 0 Å². The molecule has 0 unspecified atom stereocenters. The molecule has 1 aliphatic heterocycles. The van der Waals surface area contributed by atoms with E-state index >= 15 is 0 Å². The number of anilines is 1. The van der Waals surface area contributed by atoms with Crippen LogP contribution in [0.1, 0.15) is 31.0 Å². The van der Waals surface area contributed by atoms with Gasteiger partial charge < -0.3 is 4.90 Å². The van der Waals surface area contributed by atoms with Gasteiger partial charge in [-0.3, -0.25) is 0 Å². The summed E-state index contributed by atoms with van der Waals surface area (Å²) in [5.41, 5.74) is 2.38. The number of hydrogen-bond acceptors (Lipinski definition) is 3. The highest BCUT2D eigenvalue weighted by atomic mass is 79.9. The van der Waals surface area contributed by atoms with E-state index in [0.29, 0.717) is 0 Å². The molecule has 0 aromatic carbocycles. The molecule has 82 valence electrons. The monoisotopic (exact) mass is 269 g/mol. The van der Waals surface area contributed by atoms with Crippen molar-refractivity contribution in [1.82, 2.24) is 9.97 Å². The Bertz CT molecular complexity index is 335. The zero-order valence-corrected chi connectivity index (χ0v) is 10.6. The van der Waals surface area contributed by atoms with E-state index in [1.807, 2.05) is 6.20 Å². The van der Waals surface area contributed by atoms with Gasteiger partial charge in [0.2, 0.25) is 5.95 Å². The molecule has 1 fully saturated rings. The largest absolute Gasteiger partial charge is 0.341 e. The van der Waals surface area contributed by atoms with Crippen molar-refractivity contribution in [3.8, 4) is 0 Å². The molecule has 0 aliphatic carbocycles. The molecule has 0 amide bonds. The lowest BCUT2D eigenvalue weighted by atomic mass is 10.2. The molecule has 15 heavy (non-hydrogen) atoms. The van der Waals surface area contributed by atoms with Gasteiger partial charge in [-0.25, -0.2) is 9.97 Å². The van der Waals surface area contributed by atoms with Crippen LogP contribution in [0.15, 0.2) is 6.20 Å². The maximum atomic E-state index is 4.63. The molecule has 1 aliphatic rings. The van der Waals surface area contributed by atoms with Gasteiger partial charge in [-0.1, -0.05) is 22.9 Å². The fraction of sp³-hybridized carbons (Fsp3) is 0.636. The zero-order chi connectivity index (χ0) is 10.7. The quantitative estimate of drug-likeness (QED) is 0.790. The topological polar surface area (TPSA) is 29.0 Å². The molecule has 0 saturated carbocycles. The zero-order valence-electron chi connectivity index (χ0n) is 9.04. The van der Waals surface area contributed by atoms with Gasteiger partial charge in [0.05, 0.1) is 0 Å². The Labute approximate surface area is 99.0 Å². The highest BCUT2D eigenvalue weighted by molar-refractivity contribution is 9.08. The second kappa shape index (κ2) is 4.92. The Morgan fingerprint density at radius 2 is 2.13 bits per heavy atom. The molecule has 0 spiro atoms. The second-order valence-electron chi connectivity index (χ2n) is 3.82. The van der Waals surface area contributed by atoms with E-state index in [1.54, 1.807) is 0 Å². The number of halogens is 1. The summed E-state index contributed by atoms with van der Waals surface area (Å²) in [5, 5.41) is 0.844. The van der Waals surface area contributed by atoms with Crippen molar-refractivity contribution in [1.29, 1.82) is 0 Å². The molecule has 2 heterocycles. The van der Waals surface area contributed by atoms with E-state index in [9.17, 15) is 0 Å². The van der Waals surface area contributed by atoms with Gasteiger partial charge in [-0.15, -0.1) is 0 Å². The summed E-state index contributed by atoms with van der Waals surface area (Å²) in [4.78, 5) is 11.3. The molecule has 2 rings (SSSR count). The van der Waals surface area contributed by atoms with Crippen molar-refractivity contribution >= 4 is 21.9 Å². The summed E-state index contributed by atoms with van der Waals surface area (Å²) >= 11 is 3.46. The van der Waals surface area contributed by atoms with Gasteiger partial charge in [0, 0.05) is 35.9 Å². The van der Waals surface area contributed by atoms with Crippen molar-refractivity contribution in [2.45, 2.75) is 31.5 Å². The SMILES string of the molecule is CCc1nc(N2CCCC2)ncc1CBr. The van der Waals surface area contributed by atoms with Crippen molar-refractivity contribution < 1.29 is 0 Å². The number of hydrogen-bond donors (Lipinski definition) is 0. The van der Waals surface area contributed by atoms with Crippen molar-refractivity contribution in [2.75, 3.05) is 18.0 Å². The van der Waals surface area contributed by atoms with Gasteiger partial charge in [-0.2, -0.15) is 0 Å². The summed E-state index contributed by atoms with van der Waals surface area (Å²) in [6, 6.07) is 0. The predicted molar refractivity (Wildman–Crippen MR) is 65.5 cm³/mol. The molecule has 0 atom stereocenters. The van der Waals surface area contributed by atoms with Crippen LogP contribution in [0.3, 0.4) is 0 Å². The van der Waals surface area contributed by atoms with Gasteiger partial charge >= 0.3 is 0 Å². The third-order valence-corrected chi connectivity index (χ3v) is 3.41. The summed E-state index contributed by atoms with van der Waals surface area (Å²) in [6.07, 6.45) is 5.47. The van der Waals surface area contributed by atoms with Crippen molar-refractivity contribution in [2.24, 2.45) is 0 Å². The second-order valence-corrected chi connectivity index (χ2v) is 4.38. The Morgan fingerprint density at radius 1 is 1.40 bits per heavy atom. The number of aryl methyl sites for hydroxylation is 1. The minimum absolute atomic E-state index is 0.844. The van der Waals surface area contributed by atoms with Crippen molar-refractivity contribution in [3.05, 3.63) is 17.5 Å². The van der Waals surface area contributed by atoms with Gasteiger partial charge in [-0.05, 0) is 19.3 Å². The fourth-order valence-corrected chi connectivity index (χ4v) is 2.39. The van der Waals surface area contributed by atoms with Crippen LogP contribution in [-0.2, 0) is 11.8 Å². The van der Waals surface area contributed by atoms with Crippen LogP contribution in [0.2, 0.25) is 0 Å². The maximum absolute atomic E-state index is 4.63. The normalized spacial score (nSPS) is 16.0. The first-order valence-electron chi connectivity index (χ1n) is 5.51. The number of aromatic nitrogens is 2. The van der Waals surface area contributed by atoms with Crippen LogP contribution in [0, 0.1) is 0 Å². The molecule has 1 aromatic heterocycles. The van der Waals surface area contributed by atoms with E-state index in [1.165, 1.54) is 24.1 Å². The van der Waals surface area contributed by atoms with Gasteiger partial charge in [0.25, 0.3) is 0 Å². The average Bonchev–Trinajstić information content (AvgIpc) is 2.81. The first kappa shape index (κ1) is 10.9. The first-order valence-corrected chi connectivity index (χ1v) is 6.63. The van der Waals surface area contributed by atoms with E-state index in [-0.39, 0.29) is 0 Å². The molecule has 1 aromatic rings. The van der Waals surface area contributed by atoms with Crippen LogP contribution in [0.4, 0.5) is 5.95 Å². The minimum Gasteiger partial charge on any atom is -0.341 e. The number of nitrogens with zero attached hydrogens (tertiary/aromatic N) is 3.